The molecule has 8 heteroatoms. The number of hydrazine groups is 1. The summed E-state index contributed by atoms with van der Waals surface area (Å²) in [4.78, 5) is 0. The summed E-state index contributed by atoms with van der Waals surface area (Å²) >= 11 is 0. The van der Waals surface area contributed by atoms with Crippen molar-refractivity contribution >= 4 is 10.4 Å². The van der Waals surface area contributed by atoms with Crippen molar-refractivity contribution in [3.05, 3.63) is 0 Å². The normalized spacial score (nSPS) is 8.00. The maximum atomic E-state index is 8.74. The summed E-state index contributed by atoms with van der Waals surface area (Å²) < 4.78 is 31.6. The van der Waals surface area contributed by atoms with Crippen LogP contribution in [-0.2, 0) is 27.5 Å². The monoisotopic (exact) mass is 186 g/mol. The van der Waals surface area contributed by atoms with E-state index in [-0.39, 0.29) is 17.1 Å². The topological polar surface area (TPSA) is 127 Å². The summed E-state index contributed by atoms with van der Waals surface area (Å²) in [6.45, 7) is 0. The molecule has 0 spiro atoms. The van der Waals surface area contributed by atoms with Crippen LogP contribution in [0.2, 0.25) is 0 Å². The Morgan fingerprint density at radius 1 is 1.12 bits per heavy atom. The van der Waals surface area contributed by atoms with Gasteiger partial charge in [0.2, 0.25) is 0 Å². The Morgan fingerprint density at radius 3 is 1.12 bits per heavy atom. The third-order valence-electron chi connectivity index (χ3n) is 0. The fourth-order valence-corrected chi connectivity index (χ4v) is 0. The van der Waals surface area contributed by atoms with E-state index in [0.29, 0.717) is 0 Å². The number of hydrogen-bond acceptors (Lipinski definition) is 4. The average molecular weight is 186 g/mol. The Bertz CT molecular complexity index is 97.2. The largest absolute Gasteiger partial charge is 0.394 e. The fraction of sp³-hybridized carbons (Fsp3) is 0. The minimum absolute atomic E-state index is 0. The maximum absolute atomic E-state index is 8.74. The van der Waals surface area contributed by atoms with Crippen molar-refractivity contribution in [3.8, 4) is 0 Å². The van der Waals surface area contributed by atoms with Crippen molar-refractivity contribution in [2.24, 2.45) is 11.7 Å². The van der Waals surface area contributed by atoms with Crippen molar-refractivity contribution < 1.29 is 34.6 Å². The van der Waals surface area contributed by atoms with Gasteiger partial charge in [-0.15, -0.1) is 0 Å². The summed E-state index contributed by atoms with van der Waals surface area (Å²) in [6.07, 6.45) is 0. The summed E-state index contributed by atoms with van der Waals surface area (Å²) in [7, 11) is -4.67. The molecular weight excluding hydrogens is 180 g/mol. The Labute approximate surface area is 57.3 Å². The van der Waals surface area contributed by atoms with Crippen LogP contribution in [0.5, 0.6) is 0 Å². The van der Waals surface area contributed by atoms with Crippen LogP contribution in [0.1, 0.15) is 0 Å². The van der Waals surface area contributed by atoms with E-state index in [9.17, 15) is 0 Å². The average Bonchev–Trinajstić information content (AvgIpc) is 1.36. The summed E-state index contributed by atoms with van der Waals surface area (Å²) in [5, 5.41) is 0. The fourth-order valence-electron chi connectivity index (χ4n) is 0. The van der Waals surface area contributed by atoms with E-state index in [1.54, 1.807) is 0 Å². The van der Waals surface area contributed by atoms with Gasteiger partial charge in [-0.05, 0) is 0 Å². The number of hydrogen-bond donors (Lipinski definition) is 4. The molecule has 0 aromatic carbocycles. The smallest absolute Gasteiger partial charge is 0.274 e. The van der Waals surface area contributed by atoms with Gasteiger partial charge in [-0.3, -0.25) is 20.8 Å². The van der Waals surface area contributed by atoms with Gasteiger partial charge in [-0.25, -0.2) is 0 Å². The van der Waals surface area contributed by atoms with Gasteiger partial charge in [-0.2, -0.15) is 8.42 Å². The van der Waals surface area contributed by atoms with Crippen LogP contribution in [-0.4, -0.2) is 17.5 Å². The second kappa shape index (κ2) is 7.31. The van der Waals surface area contributed by atoms with Gasteiger partial charge >= 0.3 is 10.4 Å². The summed E-state index contributed by atoms with van der Waals surface area (Å²) in [6, 6.07) is 0. The molecule has 0 aliphatic carbocycles. The van der Waals surface area contributed by atoms with E-state index >= 15 is 0 Å². The zero-order valence-electron chi connectivity index (χ0n) is 3.63. The minimum Gasteiger partial charge on any atom is -0.274 e. The predicted octanol–water partition coefficient (Wildman–Crippen LogP) is -1.84. The molecule has 0 saturated heterocycles. The third kappa shape index (κ3) is 1860. The molecule has 0 aliphatic rings. The van der Waals surface area contributed by atoms with Gasteiger partial charge in [0.05, 0.1) is 0 Å². The van der Waals surface area contributed by atoms with Crippen molar-refractivity contribution in [2.75, 3.05) is 0 Å². The van der Waals surface area contributed by atoms with Crippen molar-refractivity contribution in [1.82, 2.24) is 0 Å². The molecule has 0 radical (unpaired) electrons. The van der Waals surface area contributed by atoms with Gasteiger partial charge in [0.15, 0.2) is 0 Å². The zero-order chi connectivity index (χ0) is 6.50. The first kappa shape index (κ1) is 15.7. The van der Waals surface area contributed by atoms with E-state index < -0.39 is 10.4 Å². The standard InChI is InChI=1S/Fe.H4N2.H2O4S/c;1-2;1-5(2,3)4/h;1-2H2;(H2,1,2,3,4). The Kier molecular flexibility index (Phi) is 14.4. The molecule has 0 atom stereocenters. The Hall–Kier alpha value is 0.309. The van der Waals surface area contributed by atoms with Crippen LogP contribution >= 0.6 is 0 Å². The summed E-state index contributed by atoms with van der Waals surface area (Å²) in [5.74, 6) is 8.00. The van der Waals surface area contributed by atoms with Crippen molar-refractivity contribution in [1.29, 1.82) is 0 Å². The van der Waals surface area contributed by atoms with Crippen molar-refractivity contribution in [2.45, 2.75) is 0 Å². The Balaban J connectivity index is -0.0000000750. The molecule has 0 rings (SSSR count). The molecule has 6 nitrogen and oxygen atoms in total. The third-order valence-corrected chi connectivity index (χ3v) is 0. The molecule has 0 aromatic heterocycles. The van der Waals surface area contributed by atoms with E-state index in [0.717, 1.165) is 0 Å². The molecule has 8 heavy (non-hydrogen) atoms. The second-order valence-corrected chi connectivity index (χ2v) is 1.34. The number of rotatable bonds is 0. The quantitative estimate of drug-likeness (QED) is 0.152. The molecule has 0 amide bonds. The maximum Gasteiger partial charge on any atom is 0.394 e. The predicted molar refractivity (Wildman–Crippen MR) is 22.6 cm³/mol. The first-order chi connectivity index (χ1) is 3.00. The van der Waals surface area contributed by atoms with E-state index in [1.807, 2.05) is 0 Å². The van der Waals surface area contributed by atoms with E-state index in [1.165, 1.54) is 0 Å². The van der Waals surface area contributed by atoms with Gasteiger partial charge < -0.3 is 0 Å². The van der Waals surface area contributed by atoms with Gasteiger partial charge in [-0.1, -0.05) is 0 Å². The summed E-state index contributed by atoms with van der Waals surface area (Å²) in [5.41, 5.74) is 0. The van der Waals surface area contributed by atoms with Crippen LogP contribution < -0.4 is 11.7 Å². The zero-order valence-corrected chi connectivity index (χ0v) is 5.55. The van der Waals surface area contributed by atoms with Crippen LogP contribution in [0, 0.1) is 0 Å². The van der Waals surface area contributed by atoms with Crippen LogP contribution in [0.4, 0.5) is 0 Å². The van der Waals surface area contributed by atoms with Gasteiger partial charge in [0.25, 0.3) is 0 Å². The van der Waals surface area contributed by atoms with E-state index in [2.05, 4.69) is 11.7 Å². The minimum atomic E-state index is -4.67. The van der Waals surface area contributed by atoms with Crippen LogP contribution in [0.3, 0.4) is 0 Å². The Morgan fingerprint density at radius 2 is 1.12 bits per heavy atom. The van der Waals surface area contributed by atoms with Gasteiger partial charge in [0, 0.05) is 17.1 Å². The number of nitrogens with two attached hydrogens (primary N) is 2. The molecule has 0 unspecified atom stereocenters. The molecule has 0 saturated carbocycles. The van der Waals surface area contributed by atoms with Crippen LogP contribution in [0.25, 0.3) is 0 Å². The van der Waals surface area contributed by atoms with E-state index in [4.69, 9.17) is 17.5 Å². The molecule has 0 fully saturated rings. The second-order valence-electron chi connectivity index (χ2n) is 0.448. The molecule has 6 N–H and O–H groups in total. The van der Waals surface area contributed by atoms with Crippen LogP contribution in [0.15, 0.2) is 0 Å². The SMILES string of the molecule is NN.O=S(=O)(O)O.[Fe]. The molecular formula is H6FeN2O4S. The molecule has 0 aromatic rings. The molecule has 54 valence electrons. The molecule has 0 bridgehead atoms. The first-order valence-corrected chi connectivity index (χ1v) is 2.43. The van der Waals surface area contributed by atoms with Crippen molar-refractivity contribution in [3.63, 3.8) is 0 Å². The first-order valence-electron chi connectivity index (χ1n) is 1.03. The molecule has 0 heterocycles. The molecule has 0 aliphatic heterocycles. The van der Waals surface area contributed by atoms with Gasteiger partial charge in [0.1, 0.15) is 0 Å².